The number of nitrogens with zero attached hydrogens (tertiary/aromatic N) is 2. The van der Waals surface area contributed by atoms with Gasteiger partial charge in [-0.05, 0) is 34.1 Å². The van der Waals surface area contributed by atoms with E-state index in [-0.39, 0.29) is 20.1 Å². The van der Waals surface area contributed by atoms with Crippen molar-refractivity contribution in [2.75, 3.05) is 0 Å². The van der Waals surface area contributed by atoms with Crippen molar-refractivity contribution in [1.82, 2.24) is 9.97 Å². The van der Waals surface area contributed by atoms with Crippen molar-refractivity contribution in [1.29, 1.82) is 0 Å². The molecule has 3 aromatic heterocycles. The van der Waals surface area contributed by atoms with Crippen LogP contribution in [-0.4, -0.2) is 18.0 Å². The summed E-state index contributed by atoms with van der Waals surface area (Å²) < 4.78 is 28.2. The number of hydrogen-bond acceptors (Lipinski definition) is 3. The molecule has 0 aliphatic heterocycles. The molecular weight excluding hydrogens is 692 g/mol. The first-order chi connectivity index (χ1) is 19.0. The van der Waals surface area contributed by atoms with E-state index in [0.717, 1.165) is 33.8 Å². The number of furan rings is 1. The average molecular weight is 724 g/mol. The number of hydrogen-bond donors (Lipinski definition) is 0. The van der Waals surface area contributed by atoms with E-state index in [9.17, 15) is 4.39 Å². The zero-order valence-electron chi connectivity index (χ0n) is 24.2. The van der Waals surface area contributed by atoms with Crippen molar-refractivity contribution in [2.24, 2.45) is 0 Å². The van der Waals surface area contributed by atoms with Crippen LogP contribution in [0.3, 0.4) is 0 Å². The molecule has 0 atom stereocenters. The molecule has 1 radical (unpaired) electrons. The van der Waals surface area contributed by atoms with Crippen molar-refractivity contribution < 1.29 is 30.3 Å². The van der Waals surface area contributed by atoms with E-state index >= 15 is 0 Å². The summed E-state index contributed by atoms with van der Waals surface area (Å²) in [6.07, 6.45) is 3.18. The zero-order chi connectivity index (χ0) is 28.5. The quantitative estimate of drug-likeness (QED) is 0.135. The first-order valence-electron chi connectivity index (χ1n) is 13.4. The molecule has 3 heterocycles. The number of rotatable bonds is 4. The summed E-state index contributed by atoms with van der Waals surface area (Å²) >= 11 is 0. The monoisotopic (exact) mass is 724 g/mol. The van der Waals surface area contributed by atoms with Crippen LogP contribution >= 0.6 is 0 Å². The van der Waals surface area contributed by atoms with E-state index in [2.05, 4.69) is 53.9 Å². The van der Waals surface area contributed by atoms with Gasteiger partial charge in [0.05, 0.1) is 19.9 Å². The van der Waals surface area contributed by atoms with Gasteiger partial charge in [-0.15, -0.1) is 54.1 Å². The second-order valence-electron chi connectivity index (χ2n) is 10.7. The summed E-state index contributed by atoms with van der Waals surface area (Å²) in [5, 5.41) is 3.38. The van der Waals surface area contributed by atoms with Gasteiger partial charge in [0.1, 0.15) is 11.4 Å². The van der Waals surface area contributed by atoms with Crippen LogP contribution in [0, 0.1) is 17.9 Å². The molecule has 0 aliphatic carbocycles. The molecule has 0 fully saturated rings. The van der Waals surface area contributed by atoms with Crippen LogP contribution in [0.2, 0.25) is 19.6 Å². The average Bonchev–Trinajstić information content (AvgIpc) is 3.32. The Morgan fingerprint density at radius 2 is 1.60 bits per heavy atom. The van der Waals surface area contributed by atoms with Gasteiger partial charge in [0.15, 0.2) is 0 Å². The van der Waals surface area contributed by atoms with Crippen molar-refractivity contribution in [2.45, 2.75) is 39.4 Å². The molecule has 0 N–H and O–H groups in total. The summed E-state index contributed by atoms with van der Waals surface area (Å²) in [6, 6.07) is 31.8. The first-order valence-corrected chi connectivity index (χ1v) is 16.4. The van der Waals surface area contributed by atoms with E-state index in [1.165, 1.54) is 5.19 Å². The van der Waals surface area contributed by atoms with Gasteiger partial charge in [-0.1, -0.05) is 80.8 Å². The Kier molecular flexibility index (Phi) is 8.70. The van der Waals surface area contributed by atoms with E-state index < -0.39 is 19.8 Å². The fraction of sp³-hybridized carbons (Fsp3) is 0.176. The molecule has 205 valence electrons. The maximum Gasteiger partial charge on any atom is 0.143 e. The summed E-state index contributed by atoms with van der Waals surface area (Å²) in [5.74, 6) is -1.53. The molecule has 0 unspecified atom stereocenters. The summed E-state index contributed by atoms with van der Waals surface area (Å²) in [6.45, 7) is 10.3. The third kappa shape index (κ3) is 6.31. The van der Waals surface area contributed by atoms with Crippen molar-refractivity contribution in [3.8, 4) is 22.5 Å². The topological polar surface area (TPSA) is 38.9 Å². The van der Waals surface area contributed by atoms with Crippen molar-refractivity contribution in [3.05, 3.63) is 115 Å². The predicted molar refractivity (Wildman–Crippen MR) is 161 cm³/mol. The van der Waals surface area contributed by atoms with E-state index in [1.807, 2.05) is 66.9 Å². The molecule has 40 heavy (non-hydrogen) atoms. The molecule has 6 heteroatoms. The first kappa shape index (κ1) is 28.1. The van der Waals surface area contributed by atoms with Gasteiger partial charge in [0.25, 0.3) is 0 Å². The fourth-order valence-electron chi connectivity index (χ4n) is 4.39. The maximum atomic E-state index is 14.0. The largest absolute Gasteiger partial charge is 0.501 e. The van der Waals surface area contributed by atoms with Crippen LogP contribution in [0.5, 0.6) is 0 Å². The predicted octanol–water partition coefficient (Wildman–Crippen LogP) is 8.80. The molecule has 0 saturated heterocycles. The summed E-state index contributed by atoms with van der Waals surface area (Å²) in [4.78, 5) is 8.71. The molecule has 0 amide bonds. The van der Waals surface area contributed by atoms with Crippen LogP contribution in [0.15, 0.2) is 95.7 Å². The summed E-state index contributed by atoms with van der Waals surface area (Å²) in [7, 11) is -1.23. The number of fused-ring (bicyclic) bond motifs is 3. The van der Waals surface area contributed by atoms with Crippen LogP contribution < -0.4 is 5.19 Å². The van der Waals surface area contributed by atoms with Gasteiger partial charge < -0.3 is 14.4 Å². The maximum absolute atomic E-state index is 14.0. The number of pyridine rings is 2. The SMILES string of the molecule is C[Si](C)(C)c1ccc(-c2[c-]cccc2)nc1.[2H]C(C)(C)c1cc(-c2[c-]ccc3c2oc2ccccc23)ncc1F.[Ir]. The fourth-order valence-corrected chi connectivity index (χ4v) is 5.42. The van der Waals surface area contributed by atoms with Crippen LogP contribution in [-0.2, 0) is 20.1 Å². The van der Waals surface area contributed by atoms with Gasteiger partial charge in [-0.2, -0.15) is 0 Å². The molecular formula is C34H31FIrN2OSi-2. The smallest absolute Gasteiger partial charge is 0.143 e. The number of benzene rings is 3. The molecule has 0 saturated carbocycles. The Labute approximate surface area is 251 Å². The molecule has 6 rings (SSSR count). The second-order valence-corrected chi connectivity index (χ2v) is 15.8. The normalized spacial score (nSPS) is 11.9. The third-order valence-corrected chi connectivity index (χ3v) is 8.63. The molecule has 3 nitrogen and oxygen atoms in total. The minimum Gasteiger partial charge on any atom is -0.501 e. The molecule has 0 aliphatic rings. The van der Waals surface area contributed by atoms with E-state index in [0.29, 0.717) is 22.4 Å². The number of halogens is 1. The zero-order valence-corrected chi connectivity index (χ0v) is 26.6. The Hall–Kier alpha value is -3.44. The van der Waals surface area contributed by atoms with E-state index in [4.69, 9.17) is 5.79 Å². The number of aromatic nitrogens is 2. The Balaban J connectivity index is 0.000000200. The van der Waals surface area contributed by atoms with Gasteiger partial charge in [-0.25, -0.2) is 4.39 Å². The molecule has 0 bridgehead atoms. The van der Waals surface area contributed by atoms with Gasteiger partial charge in [0.2, 0.25) is 0 Å². The van der Waals surface area contributed by atoms with Crippen molar-refractivity contribution >= 4 is 35.2 Å². The molecule has 3 aromatic carbocycles. The van der Waals surface area contributed by atoms with Gasteiger partial charge >= 0.3 is 0 Å². The number of para-hydroxylation sites is 1. The minimum atomic E-state index is -1.23. The van der Waals surface area contributed by atoms with Crippen molar-refractivity contribution in [3.63, 3.8) is 0 Å². The standard InChI is InChI=1S/C20H15FNO.C14H16NSi.Ir/c1-12(2)16-10-18(22-11-17(16)21)15-8-5-7-14-13-6-3-4-9-19(13)23-20(14)15;1-16(2,3)13-9-10-14(15-11-13)12-7-5-4-6-8-12;/h3-7,9-12H,1-2H3;4-7,9-11H,1-3H3;/q2*-1;/i12D;;. The Morgan fingerprint density at radius 3 is 2.27 bits per heavy atom. The van der Waals surface area contributed by atoms with Crippen LogP contribution in [0.4, 0.5) is 4.39 Å². The summed E-state index contributed by atoms with van der Waals surface area (Å²) in [5.41, 5.74) is 5.05. The van der Waals surface area contributed by atoms with Gasteiger partial charge in [0, 0.05) is 33.1 Å². The van der Waals surface area contributed by atoms with Gasteiger partial charge in [-0.3, -0.25) is 0 Å². The Morgan fingerprint density at radius 1 is 0.850 bits per heavy atom. The van der Waals surface area contributed by atoms with E-state index in [1.54, 1.807) is 19.9 Å². The second kappa shape index (κ2) is 12.4. The molecule has 0 spiro atoms. The Bertz CT molecular complexity index is 1780. The van der Waals surface area contributed by atoms with Crippen LogP contribution in [0.25, 0.3) is 44.5 Å². The third-order valence-electron chi connectivity index (χ3n) is 6.60. The molecule has 6 aromatic rings. The van der Waals surface area contributed by atoms with Crippen LogP contribution in [0.1, 0.15) is 26.7 Å². The minimum absolute atomic E-state index is 0.